The molecule has 0 radical (unpaired) electrons. The molecule has 0 unspecified atom stereocenters. The summed E-state index contributed by atoms with van der Waals surface area (Å²) in [6.07, 6.45) is 5.86. The summed E-state index contributed by atoms with van der Waals surface area (Å²) in [5.74, 6) is 0.936. The summed E-state index contributed by atoms with van der Waals surface area (Å²) >= 11 is 0. The molecule has 30 heavy (non-hydrogen) atoms. The van der Waals surface area contributed by atoms with Crippen molar-refractivity contribution in [1.82, 2.24) is 15.2 Å². The lowest BCUT2D eigenvalue weighted by atomic mass is 9.82. The molecule has 0 aromatic carbocycles. The van der Waals surface area contributed by atoms with Gasteiger partial charge in [-0.1, -0.05) is 6.92 Å². The Balaban J connectivity index is 1.30. The number of hydrogen-bond donors (Lipinski definition) is 1. The van der Waals surface area contributed by atoms with E-state index in [0.29, 0.717) is 36.3 Å². The molecule has 2 heterocycles. The van der Waals surface area contributed by atoms with E-state index in [1.54, 1.807) is 4.90 Å². The number of nitrogens with zero attached hydrogens (tertiary/aromatic N) is 2. The van der Waals surface area contributed by atoms with Crippen molar-refractivity contribution < 1.29 is 18.0 Å². The van der Waals surface area contributed by atoms with Crippen LogP contribution in [-0.4, -0.2) is 34.4 Å². The predicted octanol–water partition coefficient (Wildman–Crippen LogP) is 4.71. The van der Waals surface area contributed by atoms with Crippen molar-refractivity contribution in [3.63, 3.8) is 0 Å². The Morgan fingerprint density at radius 1 is 1.07 bits per heavy atom. The van der Waals surface area contributed by atoms with Crippen molar-refractivity contribution in [3.05, 3.63) is 29.1 Å². The summed E-state index contributed by atoms with van der Waals surface area (Å²) in [6.45, 7) is 3.11. The molecule has 2 saturated carbocycles. The van der Waals surface area contributed by atoms with E-state index in [1.165, 1.54) is 25.7 Å². The fraction of sp³-hybridized carbons (Fsp3) is 0.739. The van der Waals surface area contributed by atoms with Gasteiger partial charge in [0.2, 0.25) is 5.91 Å². The van der Waals surface area contributed by atoms with E-state index in [4.69, 9.17) is 0 Å². The fourth-order valence-electron chi connectivity index (χ4n) is 5.29. The van der Waals surface area contributed by atoms with Crippen LogP contribution in [0.1, 0.15) is 75.1 Å². The van der Waals surface area contributed by atoms with Crippen LogP contribution in [0.25, 0.3) is 0 Å². The molecule has 166 valence electrons. The van der Waals surface area contributed by atoms with Gasteiger partial charge in [0.05, 0.1) is 5.56 Å². The average Bonchev–Trinajstić information content (AvgIpc) is 2.74. The van der Waals surface area contributed by atoms with Crippen molar-refractivity contribution >= 4 is 5.91 Å². The van der Waals surface area contributed by atoms with E-state index < -0.39 is 11.7 Å². The van der Waals surface area contributed by atoms with Crippen LogP contribution in [0.15, 0.2) is 12.3 Å². The number of alkyl halides is 3. The Morgan fingerprint density at radius 2 is 1.70 bits per heavy atom. The standard InChI is InChI=1S/C23H32F3N3O/c1-15-2-6-19(7-3-15)28-20-8-4-16(5-9-20)22(30)29-11-10-21-17(14-29)12-18(13-27-21)23(24,25)26/h12-13,15-16,19-20,28H,2-11,14H2,1H3. The van der Waals surface area contributed by atoms with E-state index in [0.717, 1.165) is 43.9 Å². The zero-order chi connectivity index (χ0) is 21.3. The molecule has 0 bridgehead atoms. The number of fused-ring (bicyclic) bond motifs is 1. The van der Waals surface area contributed by atoms with Crippen molar-refractivity contribution in [3.8, 4) is 0 Å². The van der Waals surface area contributed by atoms with Crippen LogP contribution >= 0.6 is 0 Å². The summed E-state index contributed by atoms with van der Waals surface area (Å²) < 4.78 is 39.0. The molecule has 1 N–H and O–H groups in total. The van der Waals surface area contributed by atoms with E-state index in [1.807, 2.05) is 0 Å². The SMILES string of the molecule is CC1CCC(NC2CCC(C(=O)N3CCc4ncc(C(F)(F)F)cc4C3)CC2)CC1. The van der Waals surface area contributed by atoms with Crippen molar-refractivity contribution in [1.29, 1.82) is 0 Å². The van der Waals surface area contributed by atoms with E-state index >= 15 is 0 Å². The van der Waals surface area contributed by atoms with Gasteiger partial charge in [0.15, 0.2) is 0 Å². The lowest BCUT2D eigenvalue weighted by Crippen LogP contribution is -2.45. The Kier molecular flexibility index (Phi) is 6.37. The van der Waals surface area contributed by atoms with Crippen molar-refractivity contribution in [2.24, 2.45) is 11.8 Å². The maximum atomic E-state index is 13.0. The molecule has 1 aromatic heterocycles. The van der Waals surface area contributed by atoms with Crippen LogP contribution in [0.5, 0.6) is 0 Å². The molecule has 1 aromatic rings. The van der Waals surface area contributed by atoms with Gasteiger partial charge in [-0.15, -0.1) is 0 Å². The lowest BCUT2D eigenvalue weighted by Gasteiger charge is -2.37. The molecule has 1 aliphatic heterocycles. The Morgan fingerprint density at radius 3 is 2.33 bits per heavy atom. The number of halogens is 3. The molecule has 7 heteroatoms. The molecule has 0 spiro atoms. The van der Waals surface area contributed by atoms with Gasteiger partial charge in [-0.05, 0) is 68.9 Å². The minimum atomic E-state index is -4.41. The molecule has 0 atom stereocenters. The third-order valence-corrected chi connectivity index (χ3v) is 7.24. The number of nitrogens with one attached hydrogen (secondary N) is 1. The summed E-state index contributed by atoms with van der Waals surface area (Å²) in [4.78, 5) is 18.8. The maximum absolute atomic E-state index is 13.0. The summed E-state index contributed by atoms with van der Waals surface area (Å²) in [5.41, 5.74) is 0.479. The number of carbonyl (C=O) groups excluding carboxylic acids is 1. The number of carbonyl (C=O) groups is 1. The Bertz CT molecular complexity index is 751. The molecule has 4 rings (SSSR count). The normalized spacial score (nSPS) is 30.1. The lowest BCUT2D eigenvalue weighted by molar-refractivity contribution is -0.138. The second kappa shape index (κ2) is 8.85. The van der Waals surface area contributed by atoms with Gasteiger partial charge in [-0.25, -0.2) is 0 Å². The molecular formula is C23H32F3N3O. The van der Waals surface area contributed by atoms with E-state index in [9.17, 15) is 18.0 Å². The zero-order valence-electron chi connectivity index (χ0n) is 17.7. The van der Waals surface area contributed by atoms with E-state index in [2.05, 4.69) is 17.2 Å². The van der Waals surface area contributed by atoms with Crippen molar-refractivity contribution in [2.45, 2.75) is 89.5 Å². The summed E-state index contributed by atoms with van der Waals surface area (Å²) in [6, 6.07) is 2.27. The quantitative estimate of drug-likeness (QED) is 0.766. The first-order chi connectivity index (χ1) is 14.3. The van der Waals surface area contributed by atoms with Crippen molar-refractivity contribution in [2.75, 3.05) is 6.54 Å². The van der Waals surface area contributed by atoms with Crippen LogP contribution in [0.4, 0.5) is 13.2 Å². The average molecular weight is 424 g/mol. The Labute approximate surface area is 176 Å². The van der Waals surface area contributed by atoms with Crippen LogP contribution in [0.2, 0.25) is 0 Å². The molecule has 1 amide bonds. The minimum Gasteiger partial charge on any atom is -0.338 e. The third kappa shape index (κ3) is 4.98. The predicted molar refractivity (Wildman–Crippen MR) is 109 cm³/mol. The number of hydrogen-bond acceptors (Lipinski definition) is 3. The molecule has 0 saturated heterocycles. The highest BCUT2D eigenvalue weighted by Crippen LogP contribution is 2.33. The van der Waals surface area contributed by atoms with E-state index in [-0.39, 0.29) is 18.4 Å². The molecular weight excluding hydrogens is 391 g/mol. The minimum absolute atomic E-state index is 0.00487. The summed E-state index contributed by atoms with van der Waals surface area (Å²) in [5, 5.41) is 3.81. The smallest absolute Gasteiger partial charge is 0.338 e. The number of pyridine rings is 1. The monoisotopic (exact) mass is 423 g/mol. The van der Waals surface area contributed by atoms with Gasteiger partial charge >= 0.3 is 6.18 Å². The van der Waals surface area contributed by atoms with Gasteiger partial charge in [-0.2, -0.15) is 13.2 Å². The Hall–Kier alpha value is -1.63. The maximum Gasteiger partial charge on any atom is 0.417 e. The fourth-order valence-corrected chi connectivity index (χ4v) is 5.29. The largest absolute Gasteiger partial charge is 0.417 e. The number of rotatable bonds is 3. The molecule has 2 aliphatic carbocycles. The number of aromatic nitrogens is 1. The summed E-state index contributed by atoms with van der Waals surface area (Å²) in [7, 11) is 0. The molecule has 3 aliphatic rings. The second-order valence-electron chi connectivity index (χ2n) is 9.51. The second-order valence-corrected chi connectivity index (χ2v) is 9.51. The first kappa shape index (κ1) is 21.6. The number of amides is 1. The van der Waals surface area contributed by atoms with Crippen LogP contribution in [0.3, 0.4) is 0 Å². The molecule has 2 fully saturated rings. The first-order valence-corrected chi connectivity index (χ1v) is 11.4. The highest BCUT2D eigenvalue weighted by atomic mass is 19.4. The van der Waals surface area contributed by atoms with Gasteiger partial charge in [0.1, 0.15) is 0 Å². The molecule has 4 nitrogen and oxygen atoms in total. The highest BCUT2D eigenvalue weighted by Gasteiger charge is 2.35. The zero-order valence-corrected chi connectivity index (χ0v) is 17.7. The topological polar surface area (TPSA) is 45.2 Å². The van der Waals surface area contributed by atoms with Gasteiger partial charge in [-0.3, -0.25) is 9.78 Å². The van der Waals surface area contributed by atoms with Crippen LogP contribution in [-0.2, 0) is 23.9 Å². The highest BCUT2D eigenvalue weighted by molar-refractivity contribution is 5.79. The van der Waals surface area contributed by atoms with Crippen LogP contribution < -0.4 is 5.32 Å². The van der Waals surface area contributed by atoms with Gasteiger partial charge < -0.3 is 10.2 Å². The van der Waals surface area contributed by atoms with Crippen LogP contribution in [0, 0.1) is 11.8 Å². The first-order valence-electron chi connectivity index (χ1n) is 11.4. The third-order valence-electron chi connectivity index (χ3n) is 7.24. The van der Waals surface area contributed by atoms with Gasteiger partial charge in [0, 0.05) is 49.4 Å². The van der Waals surface area contributed by atoms with Gasteiger partial charge in [0.25, 0.3) is 0 Å².